The van der Waals surface area contributed by atoms with Crippen LogP contribution in [-0.2, 0) is 9.59 Å². The molecule has 2 fully saturated rings. The topological polar surface area (TPSA) is 52.7 Å². The first-order chi connectivity index (χ1) is 10.6. The molecule has 0 spiro atoms. The number of hydrogen-bond donors (Lipinski definition) is 1. The third-order valence-corrected chi connectivity index (χ3v) is 3.92. The number of nitrogens with zero attached hydrogens (tertiary/aromatic N) is 2. The molecule has 2 aliphatic rings. The molecule has 0 unspecified atom stereocenters. The van der Waals surface area contributed by atoms with Gasteiger partial charge in [-0.05, 0) is 49.3 Å². The zero-order valence-electron chi connectivity index (χ0n) is 11.7. The number of anilines is 1. The summed E-state index contributed by atoms with van der Waals surface area (Å²) in [5, 5.41) is 2.51. The van der Waals surface area contributed by atoms with Crippen molar-refractivity contribution in [1.82, 2.24) is 10.2 Å². The zero-order valence-corrected chi connectivity index (χ0v) is 12.5. The van der Waals surface area contributed by atoms with Gasteiger partial charge in [0.25, 0.3) is 11.8 Å². The normalized spacial score (nSPS) is 20.8. The third kappa shape index (κ3) is 2.71. The van der Waals surface area contributed by atoms with Gasteiger partial charge in [-0.2, -0.15) is 0 Å². The predicted octanol–water partition coefficient (Wildman–Crippen LogP) is 1.55. The highest BCUT2D eigenvalue weighted by atomic mass is 32.1. The number of benzene rings is 1. The van der Waals surface area contributed by atoms with Crippen LogP contribution in [0.2, 0.25) is 0 Å². The summed E-state index contributed by atoms with van der Waals surface area (Å²) in [6.45, 7) is 1.65. The molecule has 5 nitrogen and oxygen atoms in total. The van der Waals surface area contributed by atoms with Crippen molar-refractivity contribution in [2.75, 3.05) is 18.0 Å². The van der Waals surface area contributed by atoms with Gasteiger partial charge in [0.1, 0.15) is 11.4 Å². The number of thiocarbonyl (C=S) groups is 1. The van der Waals surface area contributed by atoms with Crippen molar-refractivity contribution >= 4 is 34.8 Å². The van der Waals surface area contributed by atoms with Gasteiger partial charge in [0, 0.05) is 19.3 Å². The highest BCUT2D eigenvalue weighted by Crippen LogP contribution is 2.22. The maximum atomic E-state index is 13.0. The van der Waals surface area contributed by atoms with E-state index in [2.05, 4.69) is 5.32 Å². The molecule has 0 saturated carbocycles. The molecule has 1 aromatic carbocycles. The number of hydrogen-bond acceptors (Lipinski definition) is 4. The van der Waals surface area contributed by atoms with Gasteiger partial charge in [-0.25, -0.2) is 4.39 Å². The molecule has 114 valence electrons. The summed E-state index contributed by atoms with van der Waals surface area (Å²) in [7, 11) is 0. The maximum Gasteiger partial charge on any atom is 0.271 e. The van der Waals surface area contributed by atoms with Crippen LogP contribution in [0.1, 0.15) is 12.8 Å². The molecule has 7 heteroatoms. The Balaban J connectivity index is 1.93. The standard InChI is InChI=1S/C15H14FN3O2S/c16-10-3-5-11(6-4-10)19-14(21)12(13(20)17-15(19)22)9-18-7-1-2-8-18/h3-6,9H,1-2,7-8H2,(H,17,20,22). The highest BCUT2D eigenvalue weighted by molar-refractivity contribution is 7.80. The van der Waals surface area contributed by atoms with Gasteiger partial charge in [0.15, 0.2) is 5.11 Å². The van der Waals surface area contributed by atoms with E-state index in [1.165, 1.54) is 29.2 Å². The second kappa shape index (κ2) is 5.84. The summed E-state index contributed by atoms with van der Waals surface area (Å²) in [6, 6.07) is 5.38. The first-order valence-electron chi connectivity index (χ1n) is 6.97. The molecule has 22 heavy (non-hydrogen) atoms. The van der Waals surface area contributed by atoms with E-state index in [-0.39, 0.29) is 10.7 Å². The molecular weight excluding hydrogens is 305 g/mol. The molecule has 0 aromatic heterocycles. The van der Waals surface area contributed by atoms with Gasteiger partial charge in [-0.15, -0.1) is 0 Å². The average molecular weight is 319 g/mol. The molecule has 0 aliphatic carbocycles. The van der Waals surface area contributed by atoms with Crippen LogP contribution in [0, 0.1) is 5.82 Å². The molecule has 2 saturated heterocycles. The maximum absolute atomic E-state index is 13.0. The Morgan fingerprint density at radius 2 is 1.77 bits per heavy atom. The lowest BCUT2D eigenvalue weighted by Gasteiger charge is -2.29. The number of amides is 2. The second-order valence-corrected chi connectivity index (χ2v) is 5.55. The van der Waals surface area contributed by atoms with Gasteiger partial charge in [0.2, 0.25) is 0 Å². The van der Waals surface area contributed by atoms with E-state index in [0.29, 0.717) is 5.69 Å². The van der Waals surface area contributed by atoms with Crippen molar-refractivity contribution in [2.45, 2.75) is 12.8 Å². The summed E-state index contributed by atoms with van der Waals surface area (Å²) in [4.78, 5) is 27.8. The first-order valence-corrected chi connectivity index (χ1v) is 7.38. The van der Waals surface area contributed by atoms with Crippen molar-refractivity contribution in [3.63, 3.8) is 0 Å². The third-order valence-electron chi connectivity index (χ3n) is 3.64. The average Bonchev–Trinajstić information content (AvgIpc) is 2.98. The van der Waals surface area contributed by atoms with Gasteiger partial charge in [-0.1, -0.05) is 0 Å². The first kappa shape index (κ1) is 14.6. The lowest BCUT2D eigenvalue weighted by molar-refractivity contribution is -0.122. The number of halogens is 1. The summed E-state index contributed by atoms with van der Waals surface area (Å²) in [5.41, 5.74) is 0.462. The van der Waals surface area contributed by atoms with Gasteiger partial charge in [-0.3, -0.25) is 19.8 Å². The summed E-state index contributed by atoms with van der Waals surface area (Å²) in [6.07, 6.45) is 3.67. The van der Waals surface area contributed by atoms with Crippen LogP contribution in [0.3, 0.4) is 0 Å². The van der Waals surface area contributed by atoms with Gasteiger partial charge < -0.3 is 4.90 Å². The van der Waals surface area contributed by atoms with E-state index < -0.39 is 17.6 Å². The number of carbonyl (C=O) groups excluding carboxylic acids is 2. The molecular formula is C15H14FN3O2S. The van der Waals surface area contributed by atoms with E-state index in [9.17, 15) is 14.0 Å². The van der Waals surface area contributed by atoms with E-state index in [0.717, 1.165) is 25.9 Å². The Morgan fingerprint density at radius 3 is 2.41 bits per heavy atom. The number of carbonyl (C=O) groups is 2. The van der Waals surface area contributed by atoms with Crippen LogP contribution in [0.4, 0.5) is 10.1 Å². The number of nitrogens with one attached hydrogen (secondary N) is 1. The summed E-state index contributed by atoms with van der Waals surface area (Å²) in [5.74, 6) is -1.40. The van der Waals surface area contributed by atoms with Crippen LogP contribution in [0.5, 0.6) is 0 Å². The fourth-order valence-electron chi connectivity index (χ4n) is 2.52. The molecule has 1 N–H and O–H groups in total. The largest absolute Gasteiger partial charge is 0.377 e. The fraction of sp³-hybridized carbons (Fsp3) is 0.267. The SMILES string of the molecule is O=C1NC(=S)N(c2ccc(F)cc2)C(=O)C1=CN1CCCC1. The van der Waals surface area contributed by atoms with Crippen LogP contribution in [-0.4, -0.2) is 34.9 Å². The van der Waals surface area contributed by atoms with E-state index in [1.807, 2.05) is 4.90 Å². The summed E-state index contributed by atoms with van der Waals surface area (Å²) < 4.78 is 13.0. The van der Waals surface area contributed by atoms with E-state index in [1.54, 1.807) is 6.20 Å². The van der Waals surface area contributed by atoms with Crippen LogP contribution in [0.25, 0.3) is 0 Å². The lowest BCUT2D eigenvalue weighted by atomic mass is 10.1. The molecule has 0 bridgehead atoms. The molecule has 3 rings (SSSR count). The Kier molecular flexibility index (Phi) is 3.89. The minimum Gasteiger partial charge on any atom is -0.377 e. The minimum absolute atomic E-state index is 0.000167. The van der Waals surface area contributed by atoms with Crippen LogP contribution < -0.4 is 10.2 Å². The highest BCUT2D eigenvalue weighted by Gasteiger charge is 2.35. The Bertz CT molecular complexity index is 666. The molecule has 2 amide bonds. The second-order valence-electron chi connectivity index (χ2n) is 5.16. The lowest BCUT2D eigenvalue weighted by Crippen LogP contribution is -2.54. The monoisotopic (exact) mass is 319 g/mol. The molecule has 2 heterocycles. The Morgan fingerprint density at radius 1 is 1.14 bits per heavy atom. The van der Waals surface area contributed by atoms with E-state index in [4.69, 9.17) is 12.2 Å². The Labute approximate surface area is 132 Å². The fourth-order valence-corrected chi connectivity index (χ4v) is 2.80. The van der Waals surface area contributed by atoms with Gasteiger partial charge in [0.05, 0.1) is 5.69 Å². The van der Waals surface area contributed by atoms with Gasteiger partial charge >= 0.3 is 0 Å². The Hall–Kier alpha value is -2.28. The van der Waals surface area contributed by atoms with Crippen molar-refractivity contribution in [3.8, 4) is 0 Å². The minimum atomic E-state index is -0.500. The molecule has 1 aromatic rings. The smallest absolute Gasteiger partial charge is 0.271 e. The molecule has 2 aliphatic heterocycles. The van der Waals surface area contributed by atoms with E-state index >= 15 is 0 Å². The van der Waals surface area contributed by atoms with Crippen molar-refractivity contribution in [2.24, 2.45) is 0 Å². The van der Waals surface area contributed by atoms with Crippen molar-refractivity contribution in [3.05, 3.63) is 41.9 Å². The quantitative estimate of drug-likeness (QED) is 0.510. The molecule has 0 atom stereocenters. The van der Waals surface area contributed by atoms with Crippen LogP contribution >= 0.6 is 12.2 Å². The van der Waals surface area contributed by atoms with Crippen molar-refractivity contribution in [1.29, 1.82) is 0 Å². The van der Waals surface area contributed by atoms with Crippen LogP contribution in [0.15, 0.2) is 36.0 Å². The predicted molar refractivity (Wildman–Crippen MR) is 83.5 cm³/mol. The number of rotatable bonds is 2. The molecule has 0 radical (unpaired) electrons. The zero-order chi connectivity index (χ0) is 15.7. The summed E-state index contributed by atoms with van der Waals surface area (Å²) >= 11 is 5.07. The van der Waals surface area contributed by atoms with Crippen molar-refractivity contribution < 1.29 is 14.0 Å². The number of likely N-dealkylation sites (tertiary alicyclic amines) is 1.